The second-order valence-electron chi connectivity index (χ2n) is 3.57. The van der Waals surface area contributed by atoms with E-state index in [1.165, 1.54) is 0 Å². The Bertz CT molecular complexity index is 501. The summed E-state index contributed by atoms with van der Waals surface area (Å²) < 4.78 is 1.68. The van der Waals surface area contributed by atoms with E-state index in [9.17, 15) is 0 Å². The number of nitrogens with zero attached hydrogens (tertiary/aromatic N) is 2. The zero-order valence-electron chi connectivity index (χ0n) is 8.54. The first-order chi connectivity index (χ1) is 7.86. The molecule has 0 atom stereocenters. The van der Waals surface area contributed by atoms with Crippen LogP contribution in [0.3, 0.4) is 0 Å². The van der Waals surface area contributed by atoms with Crippen LogP contribution in [0.2, 0.25) is 0 Å². The van der Waals surface area contributed by atoms with E-state index in [2.05, 4.69) is 24.3 Å². The molecule has 4 heteroatoms. The molecule has 80 valence electrons. The molecule has 1 N–H and O–H groups in total. The van der Waals surface area contributed by atoms with E-state index in [-0.39, 0.29) is 0 Å². The van der Waals surface area contributed by atoms with Gasteiger partial charge in [-0.25, -0.2) is 5.01 Å². The van der Waals surface area contributed by atoms with Crippen molar-refractivity contribution in [2.75, 3.05) is 10.4 Å². The second-order valence-corrected chi connectivity index (χ2v) is 3.94. The normalized spacial score (nSPS) is 14.7. The third-order valence-corrected chi connectivity index (χ3v) is 2.82. The molecule has 16 heavy (non-hydrogen) atoms. The van der Waals surface area contributed by atoms with Crippen molar-refractivity contribution in [3.05, 3.63) is 54.6 Å². The van der Waals surface area contributed by atoms with Crippen LogP contribution in [0.1, 0.15) is 0 Å². The number of benzene rings is 2. The van der Waals surface area contributed by atoms with E-state index in [0.29, 0.717) is 0 Å². The molecule has 0 radical (unpaired) electrons. The molecule has 0 spiro atoms. The van der Waals surface area contributed by atoms with Crippen LogP contribution in [0.5, 0.6) is 0 Å². The van der Waals surface area contributed by atoms with Crippen LogP contribution in [0.4, 0.5) is 17.1 Å². The molecular weight excluding hydrogens is 218 g/mol. The molecule has 0 saturated heterocycles. The molecule has 0 bridgehead atoms. The Morgan fingerprint density at radius 3 is 2.38 bits per heavy atom. The number of fused-ring (bicyclic) bond motifs is 1. The number of thiol groups is 1. The lowest BCUT2D eigenvalue weighted by Crippen LogP contribution is -2.29. The molecule has 1 heterocycles. The van der Waals surface area contributed by atoms with Gasteiger partial charge in [-0.15, -0.1) is 0 Å². The third kappa shape index (κ3) is 1.43. The molecule has 2 aromatic carbocycles. The summed E-state index contributed by atoms with van der Waals surface area (Å²) in [5.41, 5.74) is 6.41. The summed E-state index contributed by atoms with van der Waals surface area (Å²) in [6.45, 7) is 0. The summed E-state index contributed by atoms with van der Waals surface area (Å²) in [4.78, 5) is 0. The maximum atomic E-state index is 4.39. The minimum atomic E-state index is 1.06. The van der Waals surface area contributed by atoms with Gasteiger partial charge >= 0.3 is 0 Å². The van der Waals surface area contributed by atoms with Gasteiger partial charge in [-0.05, 0) is 24.3 Å². The van der Waals surface area contributed by atoms with Gasteiger partial charge in [-0.1, -0.05) is 47.7 Å². The fourth-order valence-corrected chi connectivity index (χ4v) is 2.14. The first-order valence-electron chi connectivity index (χ1n) is 5.06. The van der Waals surface area contributed by atoms with Crippen molar-refractivity contribution in [3.8, 4) is 0 Å². The molecule has 0 saturated carbocycles. The predicted molar refractivity (Wildman–Crippen MR) is 69.5 cm³/mol. The van der Waals surface area contributed by atoms with E-state index in [1.54, 1.807) is 4.52 Å². The molecule has 1 aliphatic rings. The highest BCUT2D eigenvalue weighted by molar-refractivity contribution is 7.77. The average Bonchev–Trinajstić information content (AvgIpc) is 2.66. The van der Waals surface area contributed by atoms with Crippen molar-refractivity contribution in [1.29, 1.82) is 0 Å². The van der Waals surface area contributed by atoms with Crippen LogP contribution in [0.25, 0.3) is 0 Å². The number of anilines is 3. The molecule has 0 amide bonds. The zero-order valence-corrected chi connectivity index (χ0v) is 9.43. The first-order valence-corrected chi connectivity index (χ1v) is 5.46. The zero-order chi connectivity index (χ0) is 11.0. The summed E-state index contributed by atoms with van der Waals surface area (Å²) in [7, 11) is 0. The monoisotopic (exact) mass is 229 g/mol. The van der Waals surface area contributed by atoms with Crippen LogP contribution in [0, 0.1) is 0 Å². The van der Waals surface area contributed by atoms with Gasteiger partial charge in [-0.3, -0.25) is 5.43 Å². The van der Waals surface area contributed by atoms with Gasteiger partial charge in [0, 0.05) is 0 Å². The first kappa shape index (κ1) is 9.57. The number of rotatable bonds is 1. The Balaban J connectivity index is 2.09. The molecule has 0 aromatic heterocycles. The van der Waals surface area contributed by atoms with Gasteiger partial charge in [0.15, 0.2) is 0 Å². The topological polar surface area (TPSA) is 18.5 Å². The summed E-state index contributed by atoms with van der Waals surface area (Å²) in [6.07, 6.45) is 0. The van der Waals surface area contributed by atoms with Crippen LogP contribution >= 0.6 is 12.8 Å². The van der Waals surface area contributed by atoms with E-state index in [1.807, 2.05) is 53.5 Å². The Morgan fingerprint density at radius 2 is 1.56 bits per heavy atom. The Kier molecular flexibility index (Phi) is 2.23. The van der Waals surface area contributed by atoms with Gasteiger partial charge in [0.1, 0.15) is 0 Å². The minimum Gasteiger partial charge on any atom is -0.289 e. The number of hydrogen-bond donors (Lipinski definition) is 2. The lowest BCUT2D eigenvalue weighted by atomic mass is 10.2. The number of para-hydroxylation sites is 3. The average molecular weight is 229 g/mol. The van der Waals surface area contributed by atoms with Gasteiger partial charge in [0.25, 0.3) is 0 Å². The lowest BCUT2D eigenvalue weighted by Gasteiger charge is -2.24. The Labute approximate surface area is 99.8 Å². The molecule has 1 aliphatic heterocycles. The highest BCUT2D eigenvalue weighted by atomic mass is 32.1. The molecule has 0 fully saturated rings. The molecule has 3 nitrogen and oxygen atoms in total. The summed E-state index contributed by atoms with van der Waals surface area (Å²) >= 11 is 4.39. The largest absolute Gasteiger partial charge is 0.289 e. The number of hydrogen-bond acceptors (Lipinski definition) is 4. The second kappa shape index (κ2) is 3.73. The summed E-state index contributed by atoms with van der Waals surface area (Å²) in [6, 6.07) is 18.2. The maximum absolute atomic E-state index is 4.39. The Hall–Kier alpha value is -1.65. The van der Waals surface area contributed by atoms with Crippen molar-refractivity contribution < 1.29 is 0 Å². The molecular formula is C12H11N3S. The molecule has 3 rings (SSSR count). The minimum absolute atomic E-state index is 1.06. The highest BCUT2D eigenvalue weighted by Gasteiger charge is 2.25. The van der Waals surface area contributed by atoms with E-state index in [0.717, 1.165) is 17.1 Å². The Morgan fingerprint density at radius 1 is 0.875 bits per heavy atom. The van der Waals surface area contributed by atoms with Crippen molar-refractivity contribution in [1.82, 2.24) is 4.52 Å². The lowest BCUT2D eigenvalue weighted by molar-refractivity contribution is 0.609. The predicted octanol–water partition coefficient (Wildman–Crippen LogP) is 3.23. The maximum Gasteiger partial charge on any atom is 0.0853 e. The van der Waals surface area contributed by atoms with Crippen molar-refractivity contribution in [2.24, 2.45) is 0 Å². The smallest absolute Gasteiger partial charge is 0.0853 e. The van der Waals surface area contributed by atoms with Gasteiger partial charge in [-0.2, -0.15) is 0 Å². The molecule has 0 aliphatic carbocycles. The van der Waals surface area contributed by atoms with Crippen LogP contribution in [-0.2, 0) is 0 Å². The van der Waals surface area contributed by atoms with Crippen LogP contribution in [-0.4, -0.2) is 4.52 Å². The molecule has 0 unspecified atom stereocenters. The molecule has 2 aromatic rings. The number of nitrogens with one attached hydrogen (secondary N) is 1. The quantitative estimate of drug-likeness (QED) is 0.732. The van der Waals surface area contributed by atoms with E-state index in [4.69, 9.17) is 0 Å². The fraction of sp³-hybridized carbons (Fsp3) is 0. The van der Waals surface area contributed by atoms with Crippen LogP contribution < -0.4 is 10.4 Å². The highest BCUT2D eigenvalue weighted by Crippen LogP contribution is 2.39. The van der Waals surface area contributed by atoms with Crippen molar-refractivity contribution >= 4 is 29.9 Å². The van der Waals surface area contributed by atoms with Gasteiger partial charge in [0.2, 0.25) is 0 Å². The fourth-order valence-electron chi connectivity index (χ4n) is 1.83. The van der Waals surface area contributed by atoms with E-state index < -0.39 is 0 Å². The summed E-state index contributed by atoms with van der Waals surface area (Å²) in [5.74, 6) is 0. The third-order valence-electron chi connectivity index (χ3n) is 2.54. The van der Waals surface area contributed by atoms with Crippen LogP contribution in [0.15, 0.2) is 54.6 Å². The standard InChI is InChI=1S/C12H11N3S/c16-15-13-11-8-4-5-9-12(11)14(15)10-6-2-1-3-7-10/h1-9,13,16H. The van der Waals surface area contributed by atoms with Gasteiger partial charge < -0.3 is 0 Å². The van der Waals surface area contributed by atoms with Gasteiger partial charge in [0.05, 0.1) is 17.1 Å². The van der Waals surface area contributed by atoms with Crippen molar-refractivity contribution in [2.45, 2.75) is 0 Å². The van der Waals surface area contributed by atoms with E-state index >= 15 is 0 Å². The summed E-state index contributed by atoms with van der Waals surface area (Å²) in [5, 5.41) is 2.01. The van der Waals surface area contributed by atoms with Crippen molar-refractivity contribution in [3.63, 3.8) is 0 Å². The number of hydrazine groups is 2. The SMILES string of the molecule is SN1Nc2ccccc2N1c1ccccc1.